The standard InChI is InChI=1S/C17H20N2O2/c1-3-19-14(9-12(2)18-19)11-21-15-8-7-13-5-4-6-17(20)16(13)10-15/h7-10H,3-6,11H2,1-2H3. The van der Waals surface area contributed by atoms with Gasteiger partial charge in [0.05, 0.1) is 11.4 Å². The summed E-state index contributed by atoms with van der Waals surface area (Å²) in [6.45, 7) is 5.34. The van der Waals surface area contributed by atoms with Gasteiger partial charge in [-0.1, -0.05) is 6.07 Å². The molecule has 0 aliphatic heterocycles. The van der Waals surface area contributed by atoms with Crippen molar-refractivity contribution in [1.82, 2.24) is 9.78 Å². The third-order valence-corrected chi connectivity index (χ3v) is 3.90. The minimum Gasteiger partial charge on any atom is -0.487 e. The Labute approximate surface area is 124 Å². The Balaban J connectivity index is 1.76. The van der Waals surface area contributed by atoms with Crippen molar-refractivity contribution in [2.45, 2.75) is 46.3 Å². The quantitative estimate of drug-likeness (QED) is 0.865. The number of rotatable bonds is 4. The summed E-state index contributed by atoms with van der Waals surface area (Å²) in [6.07, 6.45) is 2.60. The molecule has 21 heavy (non-hydrogen) atoms. The van der Waals surface area contributed by atoms with Gasteiger partial charge in [0.15, 0.2) is 5.78 Å². The Morgan fingerprint density at radius 1 is 1.29 bits per heavy atom. The van der Waals surface area contributed by atoms with E-state index in [0.717, 1.165) is 47.7 Å². The molecule has 0 bridgehead atoms. The highest BCUT2D eigenvalue weighted by Crippen LogP contribution is 2.25. The molecule has 0 amide bonds. The molecule has 0 spiro atoms. The van der Waals surface area contributed by atoms with Crippen molar-refractivity contribution in [1.29, 1.82) is 0 Å². The lowest BCUT2D eigenvalue weighted by atomic mass is 9.90. The van der Waals surface area contributed by atoms with Gasteiger partial charge in [0, 0.05) is 18.5 Å². The van der Waals surface area contributed by atoms with E-state index in [2.05, 4.69) is 12.0 Å². The number of hydrogen-bond donors (Lipinski definition) is 0. The Kier molecular flexibility index (Phi) is 3.78. The van der Waals surface area contributed by atoms with Crippen LogP contribution in [-0.2, 0) is 19.6 Å². The smallest absolute Gasteiger partial charge is 0.163 e. The predicted molar refractivity (Wildman–Crippen MR) is 80.7 cm³/mol. The van der Waals surface area contributed by atoms with Crippen LogP contribution in [0.1, 0.15) is 47.1 Å². The van der Waals surface area contributed by atoms with E-state index in [1.54, 1.807) is 0 Å². The first-order valence-electron chi connectivity index (χ1n) is 7.49. The lowest BCUT2D eigenvalue weighted by molar-refractivity contribution is 0.0972. The van der Waals surface area contributed by atoms with Crippen LogP contribution in [0.5, 0.6) is 5.75 Å². The molecule has 0 fully saturated rings. The minimum absolute atomic E-state index is 0.233. The summed E-state index contributed by atoms with van der Waals surface area (Å²) in [5.74, 6) is 0.988. The van der Waals surface area contributed by atoms with Crippen LogP contribution < -0.4 is 4.74 Å². The van der Waals surface area contributed by atoms with Gasteiger partial charge in [-0.2, -0.15) is 5.10 Å². The fraction of sp³-hybridized carbons (Fsp3) is 0.412. The second kappa shape index (κ2) is 5.72. The Bertz CT molecular complexity index is 673. The Morgan fingerprint density at radius 2 is 2.14 bits per heavy atom. The molecule has 1 aliphatic carbocycles. The lowest BCUT2D eigenvalue weighted by Gasteiger charge is -2.16. The van der Waals surface area contributed by atoms with Crippen molar-refractivity contribution < 1.29 is 9.53 Å². The van der Waals surface area contributed by atoms with Crippen molar-refractivity contribution in [2.24, 2.45) is 0 Å². The van der Waals surface area contributed by atoms with Crippen molar-refractivity contribution in [3.05, 3.63) is 46.8 Å². The van der Waals surface area contributed by atoms with Gasteiger partial charge in [-0.25, -0.2) is 0 Å². The lowest BCUT2D eigenvalue weighted by Crippen LogP contribution is -2.11. The first-order valence-corrected chi connectivity index (χ1v) is 7.49. The highest BCUT2D eigenvalue weighted by atomic mass is 16.5. The molecule has 0 radical (unpaired) electrons. The summed E-state index contributed by atoms with van der Waals surface area (Å²) in [4.78, 5) is 11.9. The van der Waals surface area contributed by atoms with Crippen LogP contribution in [0.25, 0.3) is 0 Å². The number of hydrogen-bond acceptors (Lipinski definition) is 3. The van der Waals surface area contributed by atoms with E-state index in [-0.39, 0.29) is 5.78 Å². The molecule has 4 nitrogen and oxygen atoms in total. The number of fused-ring (bicyclic) bond motifs is 1. The zero-order valence-corrected chi connectivity index (χ0v) is 12.6. The van der Waals surface area contributed by atoms with Gasteiger partial charge in [-0.3, -0.25) is 9.48 Å². The van der Waals surface area contributed by atoms with Gasteiger partial charge in [0.2, 0.25) is 0 Å². The summed E-state index contributed by atoms with van der Waals surface area (Å²) >= 11 is 0. The largest absolute Gasteiger partial charge is 0.487 e. The molecule has 2 aromatic rings. The average molecular weight is 284 g/mol. The first kappa shape index (κ1) is 13.9. The van der Waals surface area contributed by atoms with Crippen LogP contribution in [0, 0.1) is 6.92 Å². The van der Waals surface area contributed by atoms with Gasteiger partial charge in [0.1, 0.15) is 12.4 Å². The number of Topliss-reactive ketones (excluding diaryl/α,β-unsaturated/α-hetero) is 1. The zero-order valence-electron chi connectivity index (χ0n) is 12.6. The summed E-state index contributed by atoms with van der Waals surface area (Å²) in [6, 6.07) is 7.89. The number of benzene rings is 1. The van der Waals surface area contributed by atoms with Crippen LogP contribution in [0.4, 0.5) is 0 Å². The van der Waals surface area contributed by atoms with Crippen molar-refractivity contribution in [3.8, 4) is 5.75 Å². The van der Waals surface area contributed by atoms with E-state index >= 15 is 0 Å². The maximum Gasteiger partial charge on any atom is 0.163 e. The molecule has 0 N–H and O–H groups in total. The molecule has 0 unspecified atom stereocenters. The second-order valence-corrected chi connectivity index (χ2v) is 5.48. The van der Waals surface area contributed by atoms with Crippen LogP contribution in [0.2, 0.25) is 0 Å². The molecule has 1 aliphatic rings. The molecule has 1 aromatic heterocycles. The van der Waals surface area contributed by atoms with Gasteiger partial charge < -0.3 is 4.74 Å². The molecule has 1 aromatic carbocycles. The average Bonchev–Trinajstić information content (AvgIpc) is 2.86. The highest BCUT2D eigenvalue weighted by Gasteiger charge is 2.17. The van der Waals surface area contributed by atoms with Crippen LogP contribution in [0.15, 0.2) is 24.3 Å². The molecule has 0 saturated carbocycles. The van der Waals surface area contributed by atoms with E-state index in [1.807, 2.05) is 35.9 Å². The minimum atomic E-state index is 0.233. The van der Waals surface area contributed by atoms with Crippen molar-refractivity contribution in [2.75, 3.05) is 0 Å². The van der Waals surface area contributed by atoms with Gasteiger partial charge in [0.25, 0.3) is 0 Å². The summed E-state index contributed by atoms with van der Waals surface area (Å²) in [7, 11) is 0. The van der Waals surface area contributed by atoms with Crippen LogP contribution >= 0.6 is 0 Å². The van der Waals surface area contributed by atoms with E-state index < -0.39 is 0 Å². The van der Waals surface area contributed by atoms with Crippen LogP contribution in [0.3, 0.4) is 0 Å². The summed E-state index contributed by atoms with van der Waals surface area (Å²) in [5, 5.41) is 4.41. The molecule has 110 valence electrons. The molecule has 4 heteroatoms. The third kappa shape index (κ3) is 2.84. The molecular weight excluding hydrogens is 264 g/mol. The van der Waals surface area contributed by atoms with Crippen molar-refractivity contribution in [3.63, 3.8) is 0 Å². The Hall–Kier alpha value is -2.10. The molecule has 1 heterocycles. The third-order valence-electron chi connectivity index (χ3n) is 3.90. The highest BCUT2D eigenvalue weighted by molar-refractivity contribution is 5.98. The molecule has 0 atom stereocenters. The number of nitrogens with zero attached hydrogens (tertiary/aromatic N) is 2. The number of aryl methyl sites for hydroxylation is 3. The molecular formula is C17H20N2O2. The second-order valence-electron chi connectivity index (χ2n) is 5.48. The Morgan fingerprint density at radius 3 is 2.95 bits per heavy atom. The summed E-state index contributed by atoms with van der Waals surface area (Å²) in [5.41, 5.74) is 4.03. The first-order chi connectivity index (χ1) is 10.2. The molecule has 0 saturated heterocycles. The maximum absolute atomic E-state index is 11.9. The number of ether oxygens (including phenoxy) is 1. The van der Waals surface area contributed by atoms with Gasteiger partial charge >= 0.3 is 0 Å². The SMILES string of the molecule is CCn1nc(C)cc1COc1ccc2c(c1)C(=O)CCC2. The van der Waals surface area contributed by atoms with Gasteiger partial charge in [-0.15, -0.1) is 0 Å². The van der Waals surface area contributed by atoms with E-state index in [1.165, 1.54) is 0 Å². The monoisotopic (exact) mass is 284 g/mol. The van der Waals surface area contributed by atoms with E-state index in [9.17, 15) is 4.79 Å². The van der Waals surface area contributed by atoms with E-state index in [4.69, 9.17) is 4.74 Å². The van der Waals surface area contributed by atoms with Crippen LogP contribution in [-0.4, -0.2) is 15.6 Å². The zero-order chi connectivity index (χ0) is 14.8. The number of carbonyl (C=O) groups excluding carboxylic acids is 1. The van der Waals surface area contributed by atoms with E-state index in [0.29, 0.717) is 13.0 Å². The summed E-state index contributed by atoms with van der Waals surface area (Å²) < 4.78 is 7.79. The maximum atomic E-state index is 11.9. The normalized spacial score (nSPS) is 14.1. The fourth-order valence-corrected chi connectivity index (χ4v) is 2.84. The molecule has 3 rings (SSSR count). The fourth-order valence-electron chi connectivity index (χ4n) is 2.84. The predicted octanol–water partition coefficient (Wildman–Crippen LogP) is 3.31. The van der Waals surface area contributed by atoms with Gasteiger partial charge in [-0.05, 0) is 50.5 Å². The van der Waals surface area contributed by atoms with Crippen molar-refractivity contribution >= 4 is 5.78 Å². The topological polar surface area (TPSA) is 44.1 Å². The number of ketones is 1. The number of carbonyl (C=O) groups is 1. The number of aromatic nitrogens is 2.